The van der Waals surface area contributed by atoms with E-state index in [9.17, 15) is 13.5 Å². The lowest BCUT2D eigenvalue weighted by atomic mass is 9.85. The van der Waals surface area contributed by atoms with Crippen LogP contribution in [0.4, 0.5) is 0 Å². The monoisotopic (exact) mass is 304 g/mol. The van der Waals surface area contributed by atoms with Crippen molar-refractivity contribution in [1.82, 2.24) is 0 Å². The van der Waals surface area contributed by atoms with Gasteiger partial charge in [0.05, 0.1) is 11.9 Å². The molecule has 0 aliphatic rings. The molecular weight excluding hydrogens is 284 g/mol. The van der Waals surface area contributed by atoms with E-state index in [0.29, 0.717) is 0 Å². The summed E-state index contributed by atoms with van der Waals surface area (Å²) in [5, 5.41) is 10.5. The van der Waals surface area contributed by atoms with E-state index in [-0.39, 0.29) is 18.1 Å². The molecule has 2 rings (SSSR count). The lowest BCUT2D eigenvalue weighted by Crippen LogP contribution is -2.23. The summed E-state index contributed by atoms with van der Waals surface area (Å²) >= 11 is 0. The Morgan fingerprint density at radius 1 is 0.905 bits per heavy atom. The van der Waals surface area contributed by atoms with Crippen molar-refractivity contribution >= 4 is 9.84 Å². The summed E-state index contributed by atoms with van der Waals surface area (Å²) in [6, 6.07) is 19.4. The molecule has 0 saturated carbocycles. The smallest absolute Gasteiger partial charge is 0.147 e. The molecule has 1 N–H and O–H groups in total. The van der Waals surface area contributed by atoms with Gasteiger partial charge in [-0.2, -0.15) is 0 Å². The number of benzene rings is 2. The predicted molar refractivity (Wildman–Crippen MR) is 85.1 cm³/mol. The summed E-state index contributed by atoms with van der Waals surface area (Å²) in [4.78, 5) is 0. The fourth-order valence-corrected chi connectivity index (χ4v) is 3.13. The Labute approximate surface area is 126 Å². The largest absolute Gasteiger partial charge is 0.392 e. The highest BCUT2D eigenvalue weighted by Crippen LogP contribution is 2.29. The van der Waals surface area contributed by atoms with Gasteiger partial charge in [-0.05, 0) is 17.5 Å². The summed E-state index contributed by atoms with van der Waals surface area (Å²) < 4.78 is 22.6. The lowest BCUT2D eigenvalue weighted by molar-refractivity contribution is 0.153. The van der Waals surface area contributed by atoms with Gasteiger partial charge in [0.1, 0.15) is 9.84 Å². The highest BCUT2D eigenvalue weighted by atomic mass is 32.2. The quantitative estimate of drug-likeness (QED) is 0.892. The second-order valence-corrected chi connectivity index (χ2v) is 7.54. The molecule has 112 valence electrons. The molecule has 0 saturated heterocycles. The van der Waals surface area contributed by atoms with Gasteiger partial charge >= 0.3 is 0 Å². The highest BCUT2D eigenvalue weighted by Gasteiger charge is 2.23. The molecule has 0 aromatic heterocycles. The maximum atomic E-state index is 11.3. The van der Waals surface area contributed by atoms with E-state index < -0.39 is 15.9 Å². The van der Waals surface area contributed by atoms with E-state index in [4.69, 9.17) is 0 Å². The Kier molecular flexibility index (Phi) is 5.15. The van der Waals surface area contributed by atoms with Crippen LogP contribution in [0.15, 0.2) is 60.7 Å². The number of aliphatic hydroxyl groups excluding tert-OH is 1. The van der Waals surface area contributed by atoms with E-state index in [0.717, 1.165) is 11.1 Å². The molecule has 0 bridgehead atoms. The maximum Gasteiger partial charge on any atom is 0.147 e. The molecule has 1 atom stereocenters. The average Bonchev–Trinajstić information content (AvgIpc) is 2.47. The molecule has 0 amide bonds. The van der Waals surface area contributed by atoms with E-state index in [1.54, 1.807) is 0 Å². The first-order chi connectivity index (χ1) is 9.97. The standard InChI is InChI=1S/C17H20O3S/c1-21(19,20)13-12-16(18)17(14-8-4-2-5-9-14)15-10-6-3-7-11-15/h2-11,16-18H,12-13H2,1H3. The van der Waals surface area contributed by atoms with E-state index in [1.807, 2.05) is 60.7 Å². The summed E-state index contributed by atoms with van der Waals surface area (Å²) in [5.41, 5.74) is 1.98. The summed E-state index contributed by atoms with van der Waals surface area (Å²) in [6.45, 7) is 0. The van der Waals surface area contributed by atoms with Gasteiger partial charge in [0, 0.05) is 12.2 Å². The van der Waals surface area contributed by atoms with Crippen LogP contribution >= 0.6 is 0 Å². The van der Waals surface area contributed by atoms with E-state index >= 15 is 0 Å². The number of aliphatic hydroxyl groups is 1. The first-order valence-electron chi connectivity index (χ1n) is 6.93. The first kappa shape index (κ1) is 15.7. The second kappa shape index (κ2) is 6.87. The van der Waals surface area contributed by atoms with Gasteiger partial charge in [0.25, 0.3) is 0 Å². The van der Waals surface area contributed by atoms with Gasteiger partial charge in [-0.15, -0.1) is 0 Å². The minimum absolute atomic E-state index is 0.00959. The van der Waals surface area contributed by atoms with Crippen molar-refractivity contribution in [3.05, 3.63) is 71.8 Å². The third-order valence-electron chi connectivity index (χ3n) is 3.49. The molecule has 21 heavy (non-hydrogen) atoms. The molecule has 3 nitrogen and oxygen atoms in total. The van der Waals surface area contributed by atoms with Crippen LogP contribution < -0.4 is 0 Å². The van der Waals surface area contributed by atoms with Crippen LogP contribution in [0.2, 0.25) is 0 Å². The SMILES string of the molecule is CS(=O)(=O)CCC(O)C(c1ccccc1)c1ccccc1. The Morgan fingerprint density at radius 3 is 1.71 bits per heavy atom. The van der Waals surface area contributed by atoms with Crippen LogP contribution in [0.1, 0.15) is 23.5 Å². The van der Waals surface area contributed by atoms with Crippen LogP contribution in [-0.4, -0.2) is 31.6 Å². The molecule has 4 heteroatoms. The Hall–Kier alpha value is -1.65. The van der Waals surface area contributed by atoms with Crippen molar-refractivity contribution in [2.24, 2.45) is 0 Å². The molecule has 2 aromatic carbocycles. The fraction of sp³-hybridized carbons (Fsp3) is 0.294. The minimum atomic E-state index is -3.08. The Balaban J connectivity index is 2.29. The lowest BCUT2D eigenvalue weighted by Gasteiger charge is -2.24. The number of hydrogen-bond donors (Lipinski definition) is 1. The van der Waals surface area contributed by atoms with E-state index in [2.05, 4.69) is 0 Å². The van der Waals surface area contributed by atoms with Gasteiger partial charge < -0.3 is 5.11 Å². The third kappa shape index (κ3) is 4.69. The van der Waals surface area contributed by atoms with Crippen molar-refractivity contribution < 1.29 is 13.5 Å². The zero-order valence-electron chi connectivity index (χ0n) is 12.0. The molecule has 1 unspecified atom stereocenters. The second-order valence-electron chi connectivity index (χ2n) is 5.28. The van der Waals surface area contributed by atoms with Gasteiger partial charge in [0.15, 0.2) is 0 Å². The van der Waals surface area contributed by atoms with Gasteiger partial charge in [-0.25, -0.2) is 8.42 Å². The topological polar surface area (TPSA) is 54.4 Å². The summed E-state index contributed by atoms with van der Waals surface area (Å²) in [5.74, 6) is -0.223. The zero-order valence-corrected chi connectivity index (χ0v) is 12.8. The maximum absolute atomic E-state index is 11.3. The third-order valence-corrected chi connectivity index (χ3v) is 4.46. The molecule has 0 aliphatic heterocycles. The molecular formula is C17H20O3S. The fourth-order valence-electron chi connectivity index (χ4n) is 2.46. The molecule has 0 fully saturated rings. The molecule has 2 aromatic rings. The van der Waals surface area contributed by atoms with Crippen LogP contribution in [-0.2, 0) is 9.84 Å². The van der Waals surface area contributed by atoms with Gasteiger partial charge in [0.2, 0.25) is 0 Å². The molecule has 0 radical (unpaired) electrons. The number of hydrogen-bond acceptors (Lipinski definition) is 3. The zero-order chi connectivity index (χ0) is 15.3. The van der Waals surface area contributed by atoms with Gasteiger partial charge in [-0.1, -0.05) is 60.7 Å². The highest BCUT2D eigenvalue weighted by molar-refractivity contribution is 7.90. The molecule has 0 spiro atoms. The van der Waals surface area contributed by atoms with Gasteiger partial charge in [-0.3, -0.25) is 0 Å². The average molecular weight is 304 g/mol. The van der Waals surface area contributed by atoms with Crippen molar-refractivity contribution in [2.45, 2.75) is 18.4 Å². The van der Waals surface area contributed by atoms with E-state index in [1.165, 1.54) is 6.26 Å². The number of rotatable bonds is 6. The van der Waals surface area contributed by atoms with Crippen LogP contribution in [0.3, 0.4) is 0 Å². The van der Waals surface area contributed by atoms with Crippen molar-refractivity contribution in [1.29, 1.82) is 0 Å². The van der Waals surface area contributed by atoms with Crippen molar-refractivity contribution in [2.75, 3.05) is 12.0 Å². The minimum Gasteiger partial charge on any atom is -0.392 e. The van der Waals surface area contributed by atoms with Crippen LogP contribution in [0, 0.1) is 0 Å². The Morgan fingerprint density at radius 2 is 1.33 bits per heavy atom. The van der Waals surface area contributed by atoms with Crippen molar-refractivity contribution in [3.8, 4) is 0 Å². The van der Waals surface area contributed by atoms with Crippen LogP contribution in [0.5, 0.6) is 0 Å². The van der Waals surface area contributed by atoms with Crippen molar-refractivity contribution in [3.63, 3.8) is 0 Å². The predicted octanol–water partition coefficient (Wildman–Crippen LogP) is 2.61. The summed E-state index contributed by atoms with van der Waals surface area (Å²) in [6.07, 6.45) is 0.692. The molecule has 0 heterocycles. The normalized spacial score (nSPS) is 13.3. The summed E-state index contributed by atoms with van der Waals surface area (Å²) in [7, 11) is -3.08. The number of sulfone groups is 1. The first-order valence-corrected chi connectivity index (χ1v) is 8.99. The molecule has 0 aliphatic carbocycles. The Bertz CT molecular complexity index is 611. The van der Waals surface area contributed by atoms with Crippen LogP contribution in [0.25, 0.3) is 0 Å².